The average Bonchev–Trinajstić information content (AvgIpc) is 2.32. The number of rotatable bonds is 2. The van der Waals surface area contributed by atoms with Crippen LogP contribution >= 0.6 is 0 Å². The Morgan fingerprint density at radius 3 is 2.65 bits per heavy atom. The van der Waals surface area contributed by atoms with Crippen LogP contribution in [0.5, 0.6) is 0 Å². The third-order valence-electron chi connectivity index (χ3n) is 2.28. The van der Waals surface area contributed by atoms with Gasteiger partial charge in [-0.25, -0.2) is 4.68 Å². The first kappa shape index (κ1) is 10.8. The molecule has 2 rings (SSSR count). The molecule has 0 spiro atoms. The maximum absolute atomic E-state index is 11.8. The summed E-state index contributed by atoms with van der Waals surface area (Å²) in [5.74, 6) is -1.48. The molecule has 0 aliphatic carbocycles. The lowest BCUT2D eigenvalue weighted by molar-refractivity contribution is -0.255. The van der Waals surface area contributed by atoms with Crippen LogP contribution in [0.3, 0.4) is 0 Å². The Hall–Kier alpha value is -2.68. The third-order valence-corrected chi connectivity index (χ3v) is 2.28. The van der Waals surface area contributed by atoms with Gasteiger partial charge in [-0.05, 0) is 6.07 Å². The van der Waals surface area contributed by atoms with Gasteiger partial charge in [0.2, 0.25) is 0 Å². The normalized spacial score (nSPS) is 10.1. The minimum Gasteiger partial charge on any atom is -0.543 e. The van der Waals surface area contributed by atoms with Crippen LogP contribution in [-0.2, 0) is 6.54 Å². The Kier molecular flexibility index (Phi) is 2.58. The van der Waals surface area contributed by atoms with Crippen LogP contribution < -0.4 is 10.7 Å². The summed E-state index contributed by atoms with van der Waals surface area (Å²) in [6.45, 7) is -0.302. The number of hydrogen-bond acceptors (Lipinski definition) is 5. The number of hydrogen-bond donors (Lipinski definition) is 0. The number of carboxylic acids is 1. The maximum atomic E-state index is 11.8. The first-order chi connectivity index (χ1) is 8.15. The molecule has 0 radical (unpaired) electrons. The number of aromatic carboxylic acids is 1. The number of nitrogens with zero attached hydrogens (tertiary/aromatic N) is 3. The van der Waals surface area contributed by atoms with Gasteiger partial charge >= 0.3 is 0 Å². The smallest absolute Gasteiger partial charge is 0.275 e. The highest BCUT2D eigenvalue weighted by Crippen LogP contribution is 2.12. The zero-order valence-corrected chi connectivity index (χ0v) is 8.58. The van der Waals surface area contributed by atoms with Gasteiger partial charge < -0.3 is 9.90 Å². The van der Waals surface area contributed by atoms with Crippen molar-refractivity contribution in [3.63, 3.8) is 0 Å². The molecule has 0 saturated carbocycles. The number of carbonyl (C=O) groups excluding carboxylic acids is 1. The number of fused-ring (bicyclic) bond motifs is 1. The van der Waals surface area contributed by atoms with Crippen LogP contribution in [0.25, 0.3) is 10.8 Å². The van der Waals surface area contributed by atoms with Gasteiger partial charge in [0.15, 0.2) is 0 Å². The van der Waals surface area contributed by atoms with Gasteiger partial charge in [-0.15, -0.1) is 0 Å². The Labute approximate surface area is 95.3 Å². The molecule has 1 aromatic carbocycles. The molecule has 0 aliphatic rings. The van der Waals surface area contributed by atoms with Crippen LogP contribution in [0.15, 0.2) is 29.1 Å². The van der Waals surface area contributed by atoms with E-state index in [1.807, 2.05) is 0 Å². The second-order valence-corrected chi connectivity index (χ2v) is 3.30. The lowest BCUT2D eigenvalue weighted by atomic mass is 10.1. The Morgan fingerprint density at radius 2 is 2.06 bits per heavy atom. The van der Waals surface area contributed by atoms with E-state index in [0.29, 0.717) is 0 Å². The number of carboxylic acid groups (broad SMARTS) is 1. The third kappa shape index (κ3) is 1.74. The molecular formula is C11H6N3O3-. The number of aromatic nitrogens is 2. The van der Waals surface area contributed by atoms with Gasteiger partial charge in [0.25, 0.3) is 5.56 Å². The molecule has 17 heavy (non-hydrogen) atoms. The highest BCUT2D eigenvalue weighted by molar-refractivity contribution is 6.00. The van der Waals surface area contributed by atoms with E-state index >= 15 is 0 Å². The van der Waals surface area contributed by atoms with E-state index in [0.717, 1.165) is 4.68 Å². The second kappa shape index (κ2) is 4.06. The van der Waals surface area contributed by atoms with Gasteiger partial charge in [0.1, 0.15) is 12.2 Å². The number of carbonyl (C=O) groups is 1. The Bertz CT molecular complexity index is 697. The van der Waals surface area contributed by atoms with E-state index in [2.05, 4.69) is 5.10 Å². The molecule has 0 bridgehead atoms. The zero-order valence-electron chi connectivity index (χ0n) is 8.58. The fourth-order valence-electron chi connectivity index (χ4n) is 1.56. The molecule has 1 heterocycles. The molecule has 1 aromatic heterocycles. The first-order valence-electron chi connectivity index (χ1n) is 4.73. The highest BCUT2D eigenvalue weighted by Gasteiger charge is 2.10. The summed E-state index contributed by atoms with van der Waals surface area (Å²) in [4.78, 5) is 22.7. The van der Waals surface area contributed by atoms with Gasteiger partial charge in [-0.3, -0.25) is 4.79 Å². The fraction of sp³-hybridized carbons (Fsp3) is 0.0909. The molecule has 0 unspecified atom stereocenters. The lowest BCUT2D eigenvalue weighted by Gasteiger charge is -2.08. The molecule has 0 atom stereocenters. The van der Waals surface area contributed by atoms with Crippen LogP contribution in [0.1, 0.15) is 10.5 Å². The summed E-state index contributed by atoms with van der Waals surface area (Å²) in [7, 11) is 0. The monoisotopic (exact) mass is 228 g/mol. The van der Waals surface area contributed by atoms with Gasteiger partial charge in [0, 0.05) is 5.39 Å². The quantitative estimate of drug-likeness (QED) is 0.675. The molecule has 0 fully saturated rings. The standard InChI is InChI=1S/C11H7N3O3/c12-5-6-14-10(15)8-4-2-1-3-7(8)9(13-14)11(16)17/h1-4H,6H2,(H,16,17)/p-1. The lowest BCUT2D eigenvalue weighted by Crippen LogP contribution is -2.30. The molecule has 0 N–H and O–H groups in total. The van der Waals surface area contributed by atoms with Gasteiger partial charge in [-0.1, -0.05) is 18.2 Å². The van der Waals surface area contributed by atoms with Crippen LogP contribution in [0.2, 0.25) is 0 Å². The largest absolute Gasteiger partial charge is 0.543 e. The molecule has 6 heteroatoms. The predicted molar refractivity (Wildman–Crippen MR) is 55.9 cm³/mol. The SMILES string of the molecule is N#CCn1nc(C(=O)[O-])c2ccccc2c1=O. The maximum Gasteiger partial charge on any atom is 0.275 e. The predicted octanol–water partition coefficient (Wildman–Crippen LogP) is -0.716. The van der Waals surface area contributed by atoms with E-state index in [1.54, 1.807) is 18.2 Å². The minimum absolute atomic E-state index is 0.206. The van der Waals surface area contributed by atoms with E-state index in [1.165, 1.54) is 12.1 Å². The van der Waals surface area contributed by atoms with E-state index in [-0.39, 0.29) is 23.0 Å². The summed E-state index contributed by atoms with van der Waals surface area (Å²) in [6.07, 6.45) is 0. The van der Waals surface area contributed by atoms with Crippen molar-refractivity contribution >= 4 is 16.7 Å². The van der Waals surface area contributed by atoms with E-state index < -0.39 is 11.5 Å². The second-order valence-electron chi connectivity index (χ2n) is 3.30. The van der Waals surface area contributed by atoms with E-state index in [4.69, 9.17) is 5.26 Å². The van der Waals surface area contributed by atoms with Crippen LogP contribution in [0.4, 0.5) is 0 Å². The minimum atomic E-state index is -1.48. The summed E-state index contributed by atoms with van der Waals surface area (Å²) in [6, 6.07) is 7.92. The van der Waals surface area contributed by atoms with Crippen molar-refractivity contribution in [2.24, 2.45) is 0 Å². The number of benzene rings is 1. The summed E-state index contributed by atoms with van der Waals surface area (Å²) >= 11 is 0. The first-order valence-corrected chi connectivity index (χ1v) is 4.73. The average molecular weight is 228 g/mol. The fourth-order valence-corrected chi connectivity index (χ4v) is 1.56. The van der Waals surface area contributed by atoms with Gasteiger partial charge in [-0.2, -0.15) is 10.4 Å². The van der Waals surface area contributed by atoms with Crippen molar-refractivity contribution in [1.82, 2.24) is 9.78 Å². The van der Waals surface area contributed by atoms with Crippen molar-refractivity contribution in [3.05, 3.63) is 40.3 Å². The molecule has 0 amide bonds. The van der Waals surface area contributed by atoms with Crippen molar-refractivity contribution in [3.8, 4) is 6.07 Å². The summed E-state index contributed by atoms with van der Waals surface area (Å²) in [5, 5.41) is 23.5. The summed E-state index contributed by atoms with van der Waals surface area (Å²) < 4.78 is 0.813. The van der Waals surface area contributed by atoms with Crippen molar-refractivity contribution in [2.45, 2.75) is 6.54 Å². The van der Waals surface area contributed by atoms with Gasteiger partial charge in [0.05, 0.1) is 17.4 Å². The van der Waals surface area contributed by atoms with E-state index in [9.17, 15) is 14.7 Å². The highest BCUT2D eigenvalue weighted by atomic mass is 16.4. The molecule has 0 aliphatic heterocycles. The molecule has 0 saturated heterocycles. The Balaban J connectivity index is 2.91. The zero-order chi connectivity index (χ0) is 12.4. The van der Waals surface area contributed by atoms with Crippen LogP contribution in [-0.4, -0.2) is 15.7 Å². The summed E-state index contributed by atoms with van der Waals surface area (Å²) in [5.41, 5.74) is -0.831. The molecular weight excluding hydrogens is 222 g/mol. The topological polar surface area (TPSA) is 98.8 Å². The van der Waals surface area contributed by atoms with Crippen LogP contribution in [0, 0.1) is 11.3 Å². The Morgan fingerprint density at radius 1 is 1.41 bits per heavy atom. The van der Waals surface area contributed by atoms with Crippen molar-refractivity contribution in [1.29, 1.82) is 5.26 Å². The van der Waals surface area contributed by atoms with Crippen molar-refractivity contribution < 1.29 is 9.90 Å². The van der Waals surface area contributed by atoms with Crippen molar-refractivity contribution in [2.75, 3.05) is 0 Å². The molecule has 2 aromatic rings. The molecule has 6 nitrogen and oxygen atoms in total. The molecule has 84 valence electrons. The number of nitriles is 1.